The second-order valence-electron chi connectivity index (χ2n) is 5.64. The monoisotopic (exact) mass is 289 g/mol. The van der Waals surface area contributed by atoms with Crippen LogP contribution >= 0.6 is 0 Å². The average Bonchev–Trinajstić information content (AvgIpc) is 2.46. The zero-order valence-corrected chi connectivity index (χ0v) is 13.0. The normalized spacial score (nSPS) is 18.7. The lowest BCUT2D eigenvalue weighted by Gasteiger charge is -2.31. The Kier molecular flexibility index (Phi) is 4.94. The molecule has 1 aliphatic rings. The first kappa shape index (κ1) is 15.5. The largest absolute Gasteiger partial charge is 0.352 e. The van der Waals surface area contributed by atoms with Crippen LogP contribution in [0, 0.1) is 19.8 Å². The maximum absolute atomic E-state index is 12.2. The Bertz CT molecular complexity index is 542. The first-order chi connectivity index (χ1) is 10.0. The molecule has 0 aromatic carbocycles. The molecule has 0 unspecified atom stereocenters. The molecule has 0 saturated carbocycles. The molecule has 0 aliphatic carbocycles. The van der Waals surface area contributed by atoms with Gasteiger partial charge in [-0.2, -0.15) is 0 Å². The van der Waals surface area contributed by atoms with Crippen molar-refractivity contribution >= 4 is 11.8 Å². The summed E-state index contributed by atoms with van der Waals surface area (Å²) in [5, 5.41) is 2.97. The Balaban J connectivity index is 1.91. The van der Waals surface area contributed by atoms with Crippen LogP contribution in [-0.2, 0) is 16.1 Å². The highest BCUT2D eigenvalue weighted by Crippen LogP contribution is 2.18. The lowest BCUT2D eigenvalue weighted by atomic mass is 9.96. The molecule has 0 spiro atoms. The molecule has 5 nitrogen and oxygen atoms in total. The fourth-order valence-corrected chi connectivity index (χ4v) is 2.67. The van der Waals surface area contributed by atoms with Crippen LogP contribution in [0.3, 0.4) is 0 Å². The molecule has 5 heteroatoms. The van der Waals surface area contributed by atoms with Gasteiger partial charge < -0.3 is 10.2 Å². The summed E-state index contributed by atoms with van der Waals surface area (Å²) >= 11 is 0. The van der Waals surface area contributed by atoms with E-state index in [2.05, 4.69) is 10.3 Å². The Labute approximate surface area is 125 Å². The van der Waals surface area contributed by atoms with Crippen LogP contribution in [0.1, 0.15) is 36.6 Å². The quantitative estimate of drug-likeness (QED) is 0.915. The van der Waals surface area contributed by atoms with Gasteiger partial charge in [0.1, 0.15) is 0 Å². The summed E-state index contributed by atoms with van der Waals surface area (Å²) in [6.45, 7) is 7.62. The number of pyridine rings is 1. The predicted octanol–water partition coefficient (Wildman–Crippen LogP) is 1.57. The number of hydrogen-bond donors (Lipinski definition) is 1. The van der Waals surface area contributed by atoms with Crippen molar-refractivity contribution in [3.63, 3.8) is 0 Å². The Hall–Kier alpha value is -1.91. The molecule has 1 aliphatic heterocycles. The number of piperidine rings is 1. The standard InChI is InChI=1S/C16H23N3O2/c1-4-19-10-13(5-6-15(19)20)16(21)18-9-14-8-17-12(3)7-11(14)2/h7-8,13H,4-6,9-10H2,1-3H3,(H,18,21)/t13-/m0/s1. The van der Waals surface area contributed by atoms with Crippen molar-refractivity contribution in [3.8, 4) is 0 Å². The Morgan fingerprint density at radius 2 is 2.24 bits per heavy atom. The minimum atomic E-state index is -0.0960. The molecule has 0 radical (unpaired) electrons. The predicted molar refractivity (Wildman–Crippen MR) is 80.5 cm³/mol. The average molecular weight is 289 g/mol. The maximum Gasteiger partial charge on any atom is 0.225 e. The molecule has 1 aromatic rings. The van der Waals surface area contributed by atoms with Crippen molar-refractivity contribution in [2.75, 3.05) is 13.1 Å². The molecule has 2 rings (SSSR count). The summed E-state index contributed by atoms with van der Waals surface area (Å²) in [6.07, 6.45) is 2.93. The second kappa shape index (κ2) is 6.70. The molecule has 2 heterocycles. The van der Waals surface area contributed by atoms with Gasteiger partial charge in [-0.3, -0.25) is 14.6 Å². The van der Waals surface area contributed by atoms with Gasteiger partial charge in [0.25, 0.3) is 0 Å². The second-order valence-corrected chi connectivity index (χ2v) is 5.64. The van der Waals surface area contributed by atoms with Gasteiger partial charge in [0.05, 0.1) is 5.92 Å². The number of nitrogens with one attached hydrogen (secondary N) is 1. The number of amides is 2. The molecular weight excluding hydrogens is 266 g/mol. The Morgan fingerprint density at radius 1 is 1.48 bits per heavy atom. The van der Waals surface area contributed by atoms with Crippen molar-refractivity contribution in [1.82, 2.24) is 15.2 Å². The number of hydrogen-bond acceptors (Lipinski definition) is 3. The number of rotatable bonds is 4. The van der Waals surface area contributed by atoms with E-state index in [1.807, 2.05) is 33.0 Å². The summed E-state index contributed by atoms with van der Waals surface area (Å²) in [5.41, 5.74) is 3.15. The van der Waals surface area contributed by atoms with E-state index in [4.69, 9.17) is 0 Å². The molecule has 21 heavy (non-hydrogen) atoms. The fraction of sp³-hybridized carbons (Fsp3) is 0.562. The third-order valence-electron chi connectivity index (χ3n) is 4.06. The zero-order valence-electron chi connectivity index (χ0n) is 13.0. The van der Waals surface area contributed by atoms with E-state index in [9.17, 15) is 9.59 Å². The first-order valence-electron chi connectivity index (χ1n) is 7.49. The van der Waals surface area contributed by atoms with Gasteiger partial charge in [0.2, 0.25) is 11.8 Å². The summed E-state index contributed by atoms with van der Waals surface area (Å²) in [4.78, 5) is 29.9. The molecule has 0 bridgehead atoms. The van der Waals surface area contributed by atoms with Gasteiger partial charge in [0, 0.05) is 37.9 Å². The lowest BCUT2D eigenvalue weighted by Crippen LogP contribution is -2.45. The van der Waals surface area contributed by atoms with Crippen LogP contribution in [-0.4, -0.2) is 34.8 Å². The van der Waals surface area contributed by atoms with Gasteiger partial charge in [-0.1, -0.05) is 0 Å². The maximum atomic E-state index is 12.2. The van der Waals surface area contributed by atoms with Gasteiger partial charge in [0.15, 0.2) is 0 Å². The highest BCUT2D eigenvalue weighted by molar-refractivity contribution is 5.83. The SMILES string of the molecule is CCN1C[C@@H](C(=O)NCc2cnc(C)cc2C)CCC1=O. The topological polar surface area (TPSA) is 62.3 Å². The van der Waals surface area contributed by atoms with Crippen molar-refractivity contribution < 1.29 is 9.59 Å². The number of nitrogens with zero attached hydrogens (tertiary/aromatic N) is 2. The number of likely N-dealkylation sites (tertiary alicyclic amines) is 1. The van der Waals surface area contributed by atoms with Gasteiger partial charge in [-0.25, -0.2) is 0 Å². The number of aromatic nitrogens is 1. The van der Waals surface area contributed by atoms with Crippen molar-refractivity contribution in [2.24, 2.45) is 5.92 Å². The van der Waals surface area contributed by atoms with Crippen molar-refractivity contribution in [3.05, 3.63) is 29.1 Å². The van der Waals surface area contributed by atoms with E-state index in [0.29, 0.717) is 32.5 Å². The van der Waals surface area contributed by atoms with Crippen LogP contribution in [0.25, 0.3) is 0 Å². The lowest BCUT2D eigenvalue weighted by molar-refractivity contribution is -0.138. The fourth-order valence-electron chi connectivity index (χ4n) is 2.67. The van der Waals surface area contributed by atoms with Gasteiger partial charge in [-0.15, -0.1) is 0 Å². The smallest absolute Gasteiger partial charge is 0.225 e. The molecule has 2 amide bonds. The van der Waals surface area contributed by atoms with Crippen LogP contribution in [0.4, 0.5) is 0 Å². The van der Waals surface area contributed by atoms with Crippen LogP contribution in [0.15, 0.2) is 12.3 Å². The van der Waals surface area contributed by atoms with E-state index < -0.39 is 0 Å². The van der Waals surface area contributed by atoms with Crippen LogP contribution in [0.5, 0.6) is 0 Å². The summed E-state index contributed by atoms with van der Waals surface area (Å²) in [7, 11) is 0. The minimum Gasteiger partial charge on any atom is -0.352 e. The van der Waals surface area contributed by atoms with Crippen LogP contribution < -0.4 is 5.32 Å². The van der Waals surface area contributed by atoms with Gasteiger partial charge in [-0.05, 0) is 44.4 Å². The molecule has 1 fully saturated rings. The summed E-state index contributed by atoms with van der Waals surface area (Å²) < 4.78 is 0. The molecule has 1 atom stereocenters. The van der Waals surface area contributed by atoms with Crippen LogP contribution in [0.2, 0.25) is 0 Å². The van der Waals surface area contributed by atoms with Crippen molar-refractivity contribution in [1.29, 1.82) is 0 Å². The summed E-state index contributed by atoms with van der Waals surface area (Å²) in [6, 6.07) is 2.01. The first-order valence-corrected chi connectivity index (χ1v) is 7.49. The van der Waals surface area contributed by atoms with E-state index in [1.165, 1.54) is 0 Å². The van der Waals surface area contributed by atoms with Gasteiger partial charge >= 0.3 is 0 Å². The molecular formula is C16H23N3O2. The Morgan fingerprint density at radius 3 is 2.90 bits per heavy atom. The summed E-state index contributed by atoms with van der Waals surface area (Å²) in [5.74, 6) is 0.0856. The van der Waals surface area contributed by atoms with Crippen molar-refractivity contribution in [2.45, 2.75) is 40.2 Å². The molecule has 114 valence electrons. The number of carbonyl (C=O) groups excluding carboxylic acids is 2. The molecule has 1 saturated heterocycles. The minimum absolute atomic E-state index is 0.0286. The number of carbonyl (C=O) groups is 2. The highest BCUT2D eigenvalue weighted by atomic mass is 16.2. The highest BCUT2D eigenvalue weighted by Gasteiger charge is 2.29. The van der Waals surface area contributed by atoms with E-state index >= 15 is 0 Å². The zero-order chi connectivity index (χ0) is 15.4. The third-order valence-corrected chi connectivity index (χ3v) is 4.06. The molecule has 1 aromatic heterocycles. The molecule has 1 N–H and O–H groups in total. The van der Waals surface area contributed by atoms with E-state index in [-0.39, 0.29) is 17.7 Å². The third kappa shape index (κ3) is 3.80. The van der Waals surface area contributed by atoms with E-state index in [0.717, 1.165) is 16.8 Å². The number of aryl methyl sites for hydroxylation is 2. The van der Waals surface area contributed by atoms with E-state index in [1.54, 1.807) is 4.90 Å².